The topological polar surface area (TPSA) is 71.1 Å². The Balaban J connectivity index is 2.09. The first-order valence-corrected chi connectivity index (χ1v) is 7.63. The van der Waals surface area contributed by atoms with Crippen molar-refractivity contribution in [1.29, 1.82) is 0 Å². The van der Waals surface area contributed by atoms with E-state index in [1.165, 1.54) is 11.3 Å². The Morgan fingerprint density at radius 1 is 1.28 bits per heavy atom. The van der Waals surface area contributed by atoms with E-state index in [0.29, 0.717) is 0 Å². The highest BCUT2D eigenvalue weighted by Crippen LogP contribution is 2.14. The minimum atomic E-state index is -3.46. The van der Waals surface area contributed by atoms with E-state index in [1.807, 2.05) is 0 Å². The number of benzene rings is 1. The SMILES string of the molecule is CNc1ccc(S(=O)(=O)NCc2cncs2)cc1. The van der Waals surface area contributed by atoms with Crippen LogP contribution in [0.1, 0.15) is 4.88 Å². The highest BCUT2D eigenvalue weighted by atomic mass is 32.2. The van der Waals surface area contributed by atoms with Crippen LogP contribution in [-0.4, -0.2) is 20.4 Å². The van der Waals surface area contributed by atoms with Crippen LogP contribution in [0.5, 0.6) is 0 Å². The van der Waals surface area contributed by atoms with Crippen LogP contribution < -0.4 is 10.0 Å². The molecule has 0 aliphatic heterocycles. The Morgan fingerprint density at radius 2 is 2.00 bits per heavy atom. The number of sulfonamides is 1. The molecule has 0 aliphatic carbocycles. The van der Waals surface area contributed by atoms with E-state index in [2.05, 4.69) is 15.0 Å². The molecule has 0 fully saturated rings. The number of nitrogens with zero attached hydrogens (tertiary/aromatic N) is 1. The van der Waals surface area contributed by atoms with E-state index in [1.54, 1.807) is 43.0 Å². The first-order valence-electron chi connectivity index (χ1n) is 5.26. The molecule has 0 spiro atoms. The van der Waals surface area contributed by atoms with E-state index in [4.69, 9.17) is 0 Å². The molecule has 0 radical (unpaired) electrons. The molecular weight excluding hydrogens is 270 g/mol. The summed E-state index contributed by atoms with van der Waals surface area (Å²) in [4.78, 5) is 5.03. The maximum Gasteiger partial charge on any atom is 0.240 e. The Morgan fingerprint density at radius 3 is 2.56 bits per heavy atom. The van der Waals surface area contributed by atoms with Gasteiger partial charge in [-0.25, -0.2) is 13.1 Å². The van der Waals surface area contributed by atoms with Gasteiger partial charge < -0.3 is 5.32 Å². The second-order valence-electron chi connectivity index (χ2n) is 3.57. The molecule has 0 bridgehead atoms. The molecule has 2 aromatic rings. The van der Waals surface area contributed by atoms with Gasteiger partial charge in [-0.15, -0.1) is 11.3 Å². The van der Waals surface area contributed by atoms with Crippen molar-refractivity contribution in [3.8, 4) is 0 Å². The summed E-state index contributed by atoms with van der Waals surface area (Å²) >= 11 is 1.42. The van der Waals surface area contributed by atoms with Crippen molar-refractivity contribution in [2.24, 2.45) is 0 Å². The van der Waals surface area contributed by atoms with Crippen molar-refractivity contribution in [3.05, 3.63) is 40.8 Å². The Hall–Kier alpha value is -1.44. The smallest absolute Gasteiger partial charge is 0.240 e. The van der Waals surface area contributed by atoms with Crippen molar-refractivity contribution in [2.45, 2.75) is 11.4 Å². The fraction of sp³-hybridized carbons (Fsp3) is 0.182. The number of nitrogens with one attached hydrogen (secondary N) is 2. The van der Waals surface area contributed by atoms with Crippen LogP contribution in [0.15, 0.2) is 40.9 Å². The number of anilines is 1. The maximum atomic E-state index is 12.0. The Bertz CT molecular complexity index is 592. The lowest BCUT2D eigenvalue weighted by Crippen LogP contribution is -2.22. The van der Waals surface area contributed by atoms with E-state index < -0.39 is 10.0 Å². The van der Waals surface area contributed by atoms with E-state index in [0.717, 1.165) is 10.6 Å². The van der Waals surface area contributed by atoms with Crippen molar-refractivity contribution >= 4 is 27.0 Å². The average molecular weight is 283 g/mol. The van der Waals surface area contributed by atoms with Gasteiger partial charge in [0.25, 0.3) is 0 Å². The highest BCUT2D eigenvalue weighted by Gasteiger charge is 2.13. The third-order valence-electron chi connectivity index (χ3n) is 2.37. The van der Waals surface area contributed by atoms with Gasteiger partial charge in [0.2, 0.25) is 10.0 Å². The van der Waals surface area contributed by atoms with Gasteiger partial charge in [-0.1, -0.05) is 0 Å². The second kappa shape index (κ2) is 5.47. The molecule has 1 heterocycles. The fourth-order valence-electron chi connectivity index (χ4n) is 1.38. The van der Waals surface area contributed by atoms with Crippen LogP contribution in [0.2, 0.25) is 0 Å². The summed E-state index contributed by atoms with van der Waals surface area (Å²) in [6, 6.07) is 6.59. The summed E-state index contributed by atoms with van der Waals surface area (Å²) in [7, 11) is -1.68. The lowest BCUT2D eigenvalue weighted by Gasteiger charge is -2.06. The molecule has 18 heavy (non-hydrogen) atoms. The van der Waals surface area contributed by atoms with Gasteiger partial charge in [-0.2, -0.15) is 0 Å². The van der Waals surface area contributed by atoms with Crippen molar-refractivity contribution in [2.75, 3.05) is 12.4 Å². The van der Waals surface area contributed by atoms with Crippen LogP contribution >= 0.6 is 11.3 Å². The highest BCUT2D eigenvalue weighted by molar-refractivity contribution is 7.89. The quantitative estimate of drug-likeness (QED) is 0.875. The largest absolute Gasteiger partial charge is 0.388 e. The van der Waals surface area contributed by atoms with Gasteiger partial charge in [0, 0.05) is 30.4 Å². The predicted octanol–water partition coefficient (Wildman–Crippen LogP) is 1.66. The van der Waals surface area contributed by atoms with Gasteiger partial charge in [0.1, 0.15) is 0 Å². The molecule has 0 atom stereocenters. The molecule has 1 aromatic carbocycles. The Labute approximate surface area is 110 Å². The molecule has 0 amide bonds. The van der Waals surface area contributed by atoms with Crippen molar-refractivity contribution in [1.82, 2.24) is 9.71 Å². The number of rotatable bonds is 5. The minimum Gasteiger partial charge on any atom is -0.388 e. The lowest BCUT2D eigenvalue weighted by atomic mass is 10.3. The molecule has 0 unspecified atom stereocenters. The summed E-state index contributed by atoms with van der Waals surface area (Å²) in [5.74, 6) is 0. The maximum absolute atomic E-state index is 12.0. The van der Waals surface area contributed by atoms with E-state index in [9.17, 15) is 8.42 Å². The fourth-order valence-corrected chi connectivity index (χ4v) is 3.01. The van der Waals surface area contributed by atoms with Gasteiger partial charge >= 0.3 is 0 Å². The average Bonchev–Trinajstić information content (AvgIpc) is 2.90. The first-order chi connectivity index (χ1) is 8.62. The minimum absolute atomic E-state index is 0.256. The molecule has 96 valence electrons. The third kappa shape index (κ3) is 3.06. The van der Waals surface area contributed by atoms with E-state index in [-0.39, 0.29) is 11.4 Å². The third-order valence-corrected chi connectivity index (χ3v) is 4.57. The van der Waals surface area contributed by atoms with Crippen molar-refractivity contribution in [3.63, 3.8) is 0 Å². The van der Waals surface area contributed by atoms with Crippen LogP contribution in [0.4, 0.5) is 5.69 Å². The summed E-state index contributed by atoms with van der Waals surface area (Å²) in [6.07, 6.45) is 1.65. The van der Waals surface area contributed by atoms with Crippen LogP contribution in [0.3, 0.4) is 0 Å². The molecule has 7 heteroatoms. The summed E-state index contributed by atoms with van der Waals surface area (Å²) in [6.45, 7) is 0.265. The number of hydrogen-bond donors (Lipinski definition) is 2. The molecule has 2 N–H and O–H groups in total. The number of hydrogen-bond acceptors (Lipinski definition) is 5. The zero-order valence-electron chi connectivity index (χ0n) is 9.75. The van der Waals surface area contributed by atoms with Gasteiger partial charge in [-0.05, 0) is 24.3 Å². The monoisotopic (exact) mass is 283 g/mol. The summed E-state index contributed by atoms with van der Waals surface area (Å²) < 4.78 is 26.5. The van der Waals surface area contributed by atoms with Crippen LogP contribution in [0, 0.1) is 0 Å². The summed E-state index contributed by atoms with van der Waals surface area (Å²) in [5, 5.41) is 2.94. The normalized spacial score (nSPS) is 11.4. The molecule has 1 aromatic heterocycles. The number of aromatic nitrogens is 1. The van der Waals surface area contributed by atoms with Crippen LogP contribution in [-0.2, 0) is 16.6 Å². The molecule has 0 aliphatic rings. The standard InChI is InChI=1S/C11H13N3O2S2/c1-12-9-2-4-11(5-3-9)18(15,16)14-7-10-6-13-8-17-10/h2-6,8,12,14H,7H2,1H3. The number of thiazole rings is 1. The molecule has 2 rings (SSSR count). The predicted molar refractivity (Wildman–Crippen MR) is 72.1 cm³/mol. The van der Waals surface area contributed by atoms with Gasteiger partial charge in [0.15, 0.2) is 0 Å². The lowest BCUT2D eigenvalue weighted by molar-refractivity contribution is 0.582. The molecule has 0 saturated carbocycles. The summed E-state index contributed by atoms with van der Waals surface area (Å²) in [5.41, 5.74) is 2.54. The van der Waals surface area contributed by atoms with Gasteiger partial charge in [0.05, 0.1) is 10.4 Å². The van der Waals surface area contributed by atoms with Crippen LogP contribution in [0.25, 0.3) is 0 Å². The van der Waals surface area contributed by atoms with E-state index >= 15 is 0 Å². The zero-order valence-corrected chi connectivity index (χ0v) is 11.4. The van der Waals surface area contributed by atoms with Crippen molar-refractivity contribution < 1.29 is 8.42 Å². The zero-order chi connectivity index (χ0) is 13.0. The molecule has 0 saturated heterocycles. The first kappa shape index (κ1) is 13.0. The Kier molecular flexibility index (Phi) is 3.95. The second-order valence-corrected chi connectivity index (χ2v) is 6.30. The molecular formula is C11H13N3O2S2. The van der Waals surface area contributed by atoms with Gasteiger partial charge in [-0.3, -0.25) is 4.98 Å². The molecule has 5 nitrogen and oxygen atoms in total.